The lowest BCUT2D eigenvalue weighted by Gasteiger charge is -2.31. The summed E-state index contributed by atoms with van der Waals surface area (Å²) in [7, 11) is -3.08. The first-order valence-electron chi connectivity index (χ1n) is 5.82. The first-order valence-corrected chi connectivity index (χ1v) is 8.55. The van der Waals surface area contributed by atoms with E-state index in [1.165, 1.54) is 4.31 Å². The van der Waals surface area contributed by atoms with Crippen LogP contribution in [0.2, 0.25) is 0 Å². The van der Waals surface area contributed by atoms with Crippen LogP contribution in [0.25, 0.3) is 0 Å². The van der Waals surface area contributed by atoms with Gasteiger partial charge in [0.2, 0.25) is 15.9 Å². The molecule has 7 heteroatoms. The van der Waals surface area contributed by atoms with Gasteiger partial charge in [0, 0.05) is 19.1 Å². The number of rotatable bonds is 5. The Balaban J connectivity index is 2.43. The summed E-state index contributed by atoms with van der Waals surface area (Å²) in [5, 5.41) is 3.16. The molecule has 0 bridgehead atoms. The Bertz CT molecular complexity index is 351. The van der Waals surface area contributed by atoms with Crippen LogP contribution in [0.5, 0.6) is 0 Å². The minimum atomic E-state index is -3.08. The standard InChI is InChI=1S/C10H19BrN2O3S/c1-2-7-17(15,16)13-5-3-9(4-6-13)12-10(14)8-11/h9H,2-8H2,1H3,(H,12,14). The van der Waals surface area contributed by atoms with E-state index in [0.717, 1.165) is 0 Å². The topological polar surface area (TPSA) is 66.5 Å². The maximum atomic E-state index is 11.8. The highest BCUT2D eigenvalue weighted by Crippen LogP contribution is 2.15. The summed E-state index contributed by atoms with van der Waals surface area (Å²) in [6.45, 7) is 2.88. The number of hydrogen-bond donors (Lipinski definition) is 1. The van der Waals surface area contributed by atoms with Crippen molar-refractivity contribution in [3.05, 3.63) is 0 Å². The minimum Gasteiger partial charge on any atom is -0.353 e. The summed E-state index contributed by atoms with van der Waals surface area (Å²) in [4.78, 5) is 11.2. The molecule has 1 amide bonds. The van der Waals surface area contributed by atoms with E-state index in [0.29, 0.717) is 37.7 Å². The lowest BCUT2D eigenvalue weighted by Crippen LogP contribution is -2.47. The molecule has 17 heavy (non-hydrogen) atoms. The number of nitrogens with one attached hydrogen (secondary N) is 1. The fraction of sp³-hybridized carbons (Fsp3) is 0.900. The maximum Gasteiger partial charge on any atom is 0.230 e. The first kappa shape index (κ1) is 14.9. The Labute approximate surface area is 111 Å². The molecular formula is C10H19BrN2O3S. The molecule has 0 unspecified atom stereocenters. The van der Waals surface area contributed by atoms with Crippen molar-refractivity contribution in [3.63, 3.8) is 0 Å². The molecule has 1 fully saturated rings. The molecule has 0 aromatic heterocycles. The number of alkyl halides is 1. The van der Waals surface area contributed by atoms with Gasteiger partial charge in [0.1, 0.15) is 0 Å². The van der Waals surface area contributed by atoms with E-state index in [1.54, 1.807) is 0 Å². The van der Waals surface area contributed by atoms with E-state index in [2.05, 4.69) is 21.2 Å². The van der Waals surface area contributed by atoms with Gasteiger partial charge >= 0.3 is 0 Å². The van der Waals surface area contributed by atoms with Gasteiger partial charge in [0.05, 0.1) is 11.1 Å². The molecule has 1 rings (SSSR count). The number of piperidine rings is 1. The fourth-order valence-corrected chi connectivity index (χ4v) is 3.63. The second kappa shape index (κ2) is 6.70. The third-order valence-electron chi connectivity index (χ3n) is 2.80. The minimum absolute atomic E-state index is 0.0418. The summed E-state index contributed by atoms with van der Waals surface area (Å²) >= 11 is 3.09. The highest BCUT2D eigenvalue weighted by molar-refractivity contribution is 9.09. The number of carbonyl (C=O) groups is 1. The predicted molar refractivity (Wildman–Crippen MR) is 70.6 cm³/mol. The zero-order valence-corrected chi connectivity index (χ0v) is 12.4. The number of nitrogens with zero attached hydrogens (tertiary/aromatic N) is 1. The normalized spacial score (nSPS) is 19.2. The van der Waals surface area contributed by atoms with Crippen LogP contribution in [-0.4, -0.2) is 48.8 Å². The molecular weight excluding hydrogens is 308 g/mol. The predicted octanol–water partition coefficient (Wildman–Crippen LogP) is 0.702. The van der Waals surface area contributed by atoms with Crippen LogP contribution in [0.4, 0.5) is 0 Å². The van der Waals surface area contributed by atoms with E-state index in [1.807, 2.05) is 6.92 Å². The molecule has 0 radical (unpaired) electrons. The quantitative estimate of drug-likeness (QED) is 0.756. The first-order chi connectivity index (χ1) is 7.99. The molecule has 1 heterocycles. The molecule has 0 saturated carbocycles. The molecule has 0 aromatic rings. The largest absolute Gasteiger partial charge is 0.353 e. The van der Waals surface area contributed by atoms with Crippen molar-refractivity contribution < 1.29 is 13.2 Å². The molecule has 1 N–H and O–H groups in total. The van der Waals surface area contributed by atoms with E-state index >= 15 is 0 Å². The average molecular weight is 327 g/mol. The Hall–Kier alpha value is -0.140. The van der Waals surface area contributed by atoms with Gasteiger partial charge in [0.15, 0.2) is 0 Å². The van der Waals surface area contributed by atoms with Crippen LogP contribution < -0.4 is 5.32 Å². The second-order valence-corrected chi connectivity index (χ2v) is 6.84. The molecule has 0 aromatic carbocycles. The van der Waals surface area contributed by atoms with Gasteiger partial charge < -0.3 is 5.32 Å². The maximum absolute atomic E-state index is 11.8. The van der Waals surface area contributed by atoms with E-state index in [-0.39, 0.29) is 17.7 Å². The van der Waals surface area contributed by atoms with Gasteiger partial charge in [-0.25, -0.2) is 12.7 Å². The van der Waals surface area contributed by atoms with Gasteiger partial charge in [-0.1, -0.05) is 22.9 Å². The average Bonchev–Trinajstić information content (AvgIpc) is 2.29. The SMILES string of the molecule is CCCS(=O)(=O)N1CCC(NC(=O)CBr)CC1. The zero-order valence-electron chi connectivity index (χ0n) is 9.99. The van der Waals surface area contributed by atoms with Gasteiger partial charge in [-0.2, -0.15) is 0 Å². The second-order valence-electron chi connectivity index (χ2n) is 4.19. The summed E-state index contributed by atoms with van der Waals surface area (Å²) in [5.41, 5.74) is 0. The summed E-state index contributed by atoms with van der Waals surface area (Å²) in [5.74, 6) is 0.172. The van der Waals surface area contributed by atoms with E-state index in [9.17, 15) is 13.2 Å². The third-order valence-corrected chi connectivity index (χ3v) is 5.38. The molecule has 0 spiro atoms. The van der Waals surface area contributed by atoms with Gasteiger partial charge in [-0.3, -0.25) is 4.79 Å². The van der Waals surface area contributed by atoms with E-state index < -0.39 is 10.0 Å². The Morgan fingerprint density at radius 3 is 2.47 bits per heavy atom. The molecule has 5 nitrogen and oxygen atoms in total. The summed E-state index contributed by atoms with van der Waals surface area (Å²) in [6, 6.07) is 0.105. The number of halogens is 1. The monoisotopic (exact) mass is 326 g/mol. The van der Waals surface area contributed by atoms with Gasteiger partial charge in [-0.05, 0) is 19.3 Å². The molecule has 1 saturated heterocycles. The highest BCUT2D eigenvalue weighted by Gasteiger charge is 2.27. The number of hydrogen-bond acceptors (Lipinski definition) is 3. The van der Waals surface area contributed by atoms with Crippen LogP contribution in [0.3, 0.4) is 0 Å². The molecule has 1 aliphatic rings. The lowest BCUT2D eigenvalue weighted by atomic mass is 10.1. The van der Waals surface area contributed by atoms with Crippen LogP contribution in [-0.2, 0) is 14.8 Å². The lowest BCUT2D eigenvalue weighted by molar-refractivity contribution is -0.119. The van der Waals surface area contributed by atoms with Crippen molar-refractivity contribution in [2.45, 2.75) is 32.2 Å². The van der Waals surface area contributed by atoms with Crippen molar-refractivity contribution >= 4 is 31.9 Å². The van der Waals surface area contributed by atoms with E-state index in [4.69, 9.17) is 0 Å². The van der Waals surface area contributed by atoms with Gasteiger partial charge in [0.25, 0.3) is 0 Å². The fourth-order valence-electron chi connectivity index (χ4n) is 1.93. The van der Waals surface area contributed by atoms with Crippen LogP contribution in [0.1, 0.15) is 26.2 Å². The number of carbonyl (C=O) groups excluding carboxylic acids is 1. The van der Waals surface area contributed by atoms with Crippen molar-refractivity contribution in [1.82, 2.24) is 9.62 Å². The van der Waals surface area contributed by atoms with Crippen LogP contribution in [0.15, 0.2) is 0 Å². The zero-order chi connectivity index (χ0) is 12.9. The van der Waals surface area contributed by atoms with Crippen molar-refractivity contribution in [2.24, 2.45) is 0 Å². The Kier molecular flexibility index (Phi) is 5.88. The Morgan fingerprint density at radius 1 is 1.41 bits per heavy atom. The highest BCUT2D eigenvalue weighted by atomic mass is 79.9. The number of sulfonamides is 1. The van der Waals surface area contributed by atoms with Crippen LogP contribution in [0, 0.1) is 0 Å². The number of amides is 1. The summed E-state index contributed by atoms with van der Waals surface area (Å²) < 4.78 is 25.1. The molecule has 0 atom stereocenters. The van der Waals surface area contributed by atoms with Crippen molar-refractivity contribution in [2.75, 3.05) is 24.2 Å². The Morgan fingerprint density at radius 2 is 2.00 bits per heavy atom. The smallest absolute Gasteiger partial charge is 0.230 e. The third kappa shape index (κ3) is 4.56. The molecule has 0 aliphatic carbocycles. The van der Waals surface area contributed by atoms with Crippen LogP contribution >= 0.6 is 15.9 Å². The van der Waals surface area contributed by atoms with Crippen molar-refractivity contribution in [1.29, 1.82) is 0 Å². The molecule has 1 aliphatic heterocycles. The molecule has 100 valence electrons. The van der Waals surface area contributed by atoms with Gasteiger partial charge in [-0.15, -0.1) is 0 Å². The summed E-state index contributed by atoms with van der Waals surface area (Å²) in [6.07, 6.45) is 2.03. The van der Waals surface area contributed by atoms with Crippen molar-refractivity contribution in [3.8, 4) is 0 Å².